The van der Waals surface area contributed by atoms with Gasteiger partial charge in [-0.3, -0.25) is 0 Å². The molecule has 0 aliphatic rings. The zero-order chi connectivity index (χ0) is 7.82. The van der Waals surface area contributed by atoms with Crippen molar-refractivity contribution in [1.82, 2.24) is 0 Å². The second-order valence-corrected chi connectivity index (χ2v) is 2.75. The van der Waals surface area contributed by atoms with Gasteiger partial charge in [-0.1, -0.05) is 26.7 Å². The molecule has 2 nitrogen and oxygen atoms in total. The first kappa shape index (κ1) is 9.92. The van der Waals surface area contributed by atoms with Gasteiger partial charge in [0.25, 0.3) is 0 Å². The van der Waals surface area contributed by atoms with Gasteiger partial charge in [0.15, 0.2) is 0 Å². The third-order valence-corrected chi connectivity index (χ3v) is 1.62. The molecule has 0 radical (unpaired) electrons. The van der Waals surface area contributed by atoms with E-state index < -0.39 is 0 Å². The molecule has 0 atom stereocenters. The Kier molecular flexibility index (Phi) is 6.98. The van der Waals surface area contributed by atoms with Gasteiger partial charge in [0, 0.05) is 0 Å². The summed E-state index contributed by atoms with van der Waals surface area (Å²) in [6.07, 6.45) is 4.42. The second-order valence-electron chi connectivity index (χ2n) is 2.75. The number of rotatable bonds is 6. The summed E-state index contributed by atoms with van der Waals surface area (Å²) in [5.74, 6) is 0. The SMILES string of the molecule is CCCC[NH+]([O-])CCCC. The summed E-state index contributed by atoms with van der Waals surface area (Å²) in [5.41, 5.74) is 0. The topological polar surface area (TPSA) is 27.5 Å². The minimum absolute atomic E-state index is 0.448. The van der Waals surface area contributed by atoms with E-state index in [9.17, 15) is 5.21 Å². The fourth-order valence-electron chi connectivity index (χ4n) is 0.873. The van der Waals surface area contributed by atoms with E-state index in [1.807, 2.05) is 0 Å². The summed E-state index contributed by atoms with van der Waals surface area (Å²) in [4.78, 5) is 0. The maximum atomic E-state index is 11.0. The lowest BCUT2D eigenvalue weighted by Crippen LogP contribution is -3.07. The zero-order valence-electron chi connectivity index (χ0n) is 7.15. The van der Waals surface area contributed by atoms with Crippen molar-refractivity contribution in [2.75, 3.05) is 13.1 Å². The number of hydrogen-bond donors (Lipinski definition) is 1. The van der Waals surface area contributed by atoms with Gasteiger partial charge in [-0.25, -0.2) is 0 Å². The van der Waals surface area contributed by atoms with Crippen molar-refractivity contribution >= 4 is 0 Å². The van der Waals surface area contributed by atoms with E-state index in [1.165, 1.54) is 0 Å². The minimum Gasteiger partial charge on any atom is -0.634 e. The molecule has 0 unspecified atom stereocenters. The highest BCUT2D eigenvalue weighted by Crippen LogP contribution is 1.81. The minimum atomic E-state index is 0.448. The van der Waals surface area contributed by atoms with Crippen molar-refractivity contribution in [1.29, 1.82) is 0 Å². The lowest BCUT2D eigenvalue weighted by Gasteiger charge is -2.21. The summed E-state index contributed by atoms with van der Waals surface area (Å²) in [6.45, 7) is 5.84. The van der Waals surface area contributed by atoms with Gasteiger partial charge in [0.1, 0.15) is 0 Å². The van der Waals surface area contributed by atoms with E-state index in [0.717, 1.165) is 38.8 Å². The van der Waals surface area contributed by atoms with Crippen LogP contribution in [0.25, 0.3) is 0 Å². The molecule has 2 heteroatoms. The summed E-state index contributed by atoms with van der Waals surface area (Å²) < 4.78 is 0. The Morgan fingerprint density at radius 2 is 1.40 bits per heavy atom. The monoisotopic (exact) mass is 145 g/mol. The largest absolute Gasteiger partial charge is 0.634 e. The normalized spacial score (nSPS) is 10.8. The van der Waals surface area contributed by atoms with E-state index in [0.29, 0.717) is 5.06 Å². The molecule has 0 bridgehead atoms. The smallest absolute Gasteiger partial charge is 0.0768 e. The zero-order valence-corrected chi connectivity index (χ0v) is 7.15. The third-order valence-electron chi connectivity index (χ3n) is 1.62. The molecule has 0 amide bonds. The molecule has 0 aliphatic carbocycles. The van der Waals surface area contributed by atoms with Crippen molar-refractivity contribution in [2.45, 2.75) is 39.5 Å². The van der Waals surface area contributed by atoms with Gasteiger partial charge in [-0.2, -0.15) is 0 Å². The molecule has 0 aromatic rings. The average Bonchev–Trinajstić information content (AvgIpc) is 1.97. The van der Waals surface area contributed by atoms with Gasteiger partial charge in [-0.15, -0.1) is 0 Å². The van der Waals surface area contributed by atoms with Gasteiger partial charge in [0.05, 0.1) is 13.1 Å². The molecule has 0 rings (SSSR count). The van der Waals surface area contributed by atoms with Gasteiger partial charge < -0.3 is 10.3 Å². The number of nitrogens with one attached hydrogen (secondary N) is 1. The number of unbranched alkanes of at least 4 members (excludes halogenated alkanes) is 2. The van der Waals surface area contributed by atoms with Gasteiger partial charge in [0.2, 0.25) is 0 Å². The first-order valence-corrected chi connectivity index (χ1v) is 4.33. The predicted octanol–water partition coefficient (Wildman–Crippen LogP) is 0.969. The Labute approximate surface area is 63.8 Å². The first-order chi connectivity index (χ1) is 4.81. The average molecular weight is 145 g/mol. The molecule has 0 saturated carbocycles. The van der Waals surface area contributed by atoms with Gasteiger partial charge >= 0.3 is 0 Å². The molecular formula is C8H19NO. The standard InChI is InChI=1S/C8H19NO/c1-3-5-7-9(10)8-6-4-2/h9H,3-8H2,1-2H3. The molecule has 0 fully saturated rings. The number of quaternary nitrogens is 1. The third kappa shape index (κ3) is 6.05. The molecule has 1 N–H and O–H groups in total. The Balaban J connectivity index is 3.00. The quantitative estimate of drug-likeness (QED) is 0.554. The van der Waals surface area contributed by atoms with E-state index in [1.54, 1.807) is 0 Å². The summed E-state index contributed by atoms with van der Waals surface area (Å²) in [6, 6.07) is 0. The van der Waals surface area contributed by atoms with Crippen LogP contribution in [0.15, 0.2) is 0 Å². The molecule has 0 aliphatic heterocycles. The molecule has 0 spiro atoms. The number of hydrogen-bond acceptors (Lipinski definition) is 1. The van der Waals surface area contributed by atoms with Crippen molar-refractivity contribution < 1.29 is 5.06 Å². The van der Waals surface area contributed by atoms with E-state index in [2.05, 4.69) is 13.8 Å². The van der Waals surface area contributed by atoms with Crippen molar-refractivity contribution in [3.8, 4) is 0 Å². The van der Waals surface area contributed by atoms with Gasteiger partial charge in [-0.05, 0) is 12.8 Å². The van der Waals surface area contributed by atoms with Crippen LogP contribution in [0.5, 0.6) is 0 Å². The first-order valence-electron chi connectivity index (χ1n) is 4.33. The Morgan fingerprint density at radius 3 is 1.70 bits per heavy atom. The Morgan fingerprint density at radius 1 is 1.00 bits per heavy atom. The lowest BCUT2D eigenvalue weighted by atomic mass is 10.3. The van der Waals surface area contributed by atoms with E-state index in [4.69, 9.17) is 0 Å². The maximum Gasteiger partial charge on any atom is 0.0768 e. The molecule has 62 valence electrons. The Bertz CT molecular complexity index is 58.3. The van der Waals surface area contributed by atoms with Crippen LogP contribution in [0.2, 0.25) is 0 Å². The summed E-state index contributed by atoms with van der Waals surface area (Å²) in [7, 11) is 0. The molecule has 0 aromatic heterocycles. The molecule has 0 saturated heterocycles. The van der Waals surface area contributed by atoms with Crippen LogP contribution in [0.4, 0.5) is 0 Å². The predicted molar refractivity (Wildman–Crippen MR) is 43.9 cm³/mol. The summed E-state index contributed by atoms with van der Waals surface area (Å²) >= 11 is 0. The van der Waals surface area contributed by atoms with Crippen LogP contribution in [-0.4, -0.2) is 13.1 Å². The van der Waals surface area contributed by atoms with Crippen LogP contribution in [0.3, 0.4) is 0 Å². The highest BCUT2D eigenvalue weighted by atomic mass is 16.5. The molecule has 0 aromatic carbocycles. The lowest BCUT2D eigenvalue weighted by molar-refractivity contribution is -0.848. The molecule has 10 heavy (non-hydrogen) atoms. The maximum absolute atomic E-state index is 11.0. The highest BCUT2D eigenvalue weighted by molar-refractivity contribution is 4.33. The number of hydroxylamine groups is 2. The Hall–Kier alpha value is -0.0800. The van der Waals surface area contributed by atoms with Crippen LogP contribution < -0.4 is 5.06 Å². The molecule has 0 heterocycles. The van der Waals surface area contributed by atoms with Crippen LogP contribution in [-0.2, 0) is 0 Å². The van der Waals surface area contributed by atoms with Crippen LogP contribution in [0, 0.1) is 5.21 Å². The van der Waals surface area contributed by atoms with Crippen molar-refractivity contribution in [3.05, 3.63) is 5.21 Å². The second kappa shape index (κ2) is 7.03. The van der Waals surface area contributed by atoms with E-state index >= 15 is 0 Å². The van der Waals surface area contributed by atoms with Crippen LogP contribution >= 0.6 is 0 Å². The van der Waals surface area contributed by atoms with Crippen molar-refractivity contribution in [2.24, 2.45) is 0 Å². The summed E-state index contributed by atoms with van der Waals surface area (Å²) in [5, 5.41) is 11.4. The fraction of sp³-hybridized carbons (Fsp3) is 1.00. The fourth-order valence-corrected chi connectivity index (χ4v) is 0.873. The highest BCUT2D eigenvalue weighted by Gasteiger charge is 1.93. The molecular weight excluding hydrogens is 126 g/mol. The van der Waals surface area contributed by atoms with Crippen molar-refractivity contribution in [3.63, 3.8) is 0 Å². The van der Waals surface area contributed by atoms with E-state index in [-0.39, 0.29) is 0 Å². The van der Waals surface area contributed by atoms with Crippen LogP contribution in [0.1, 0.15) is 39.5 Å².